The second-order valence-electron chi connectivity index (χ2n) is 5.88. The van der Waals surface area contributed by atoms with E-state index in [-0.39, 0.29) is 12.0 Å². The van der Waals surface area contributed by atoms with Crippen molar-refractivity contribution in [2.24, 2.45) is 0 Å². The van der Waals surface area contributed by atoms with Crippen molar-refractivity contribution in [1.29, 1.82) is 0 Å². The predicted octanol–water partition coefficient (Wildman–Crippen LogP) is 1.95. The van der Waals surface area contributed by atoms with E-state index in [1.807, 2.05) is 48.3 Å². The van der Waals surface area contributed by atoms with Gasteiger partial charge in [0.15, 0.2) is 0 Å². The van der Waals surface area contributed by atoms with Gasteiger partial charge in [0.1, 0.15) is 18.4 Å². The number of ether oxygens (including phenoxy) is 2. The molecule has 0 aromatic heterocycles. The van der Waals surface area contributed by atoms with Crippen LogP contribution in [0.3, 0.4) is 0 Å². The zero-order chi connectivity index (χ0) is 18.2. The Balaban J connectivity index is 1.93. The highest BCUT2D eigenvalue weighted by atomic mass is 16.5. The molecular formula is C19H25N3O3. The van der Waals surface area contributed by atoms with Gasteiger partial charge < -0.3 is 20.9 Å². The molecule has 134 valence electrons. The molecule has 0 amide bonds. The number of nitrogens with two attached hydrogens (primary N) is 2. The van der Waals surface area contributed by atoms with Crippen molar-refractivity contribution in [2.75, 3.05) is 38.8 Å². The fraction of sp³-hybridized carbons (Fsp3) is 0.316. The minimum absolute atomic E-state index is 0.271. The number of methoxy groups -OCH3 is 1. The van der Waals surface area contributed by atoms with Crippen LogP contribution in [-0.2, 0) is 16.0 Å². The van der Waals surface area contributed by atoms with Gasteiger partial charge in [0.25, 0.3) is 0 Å². The van der Waals surface area contributed by atoms with Gasteiger partial charge >= 0.3 is 5.97 Å². The molecule has 0 saturated heterocycles. The molecule has 4 N–H and O–H groups in total. The largest absolute Gasteiger partial charge is 0.492 e. The Morgan fingerprint density at radius 1 is 1.04 bits per heavy atom. The van der Waals surface area contributed by atoms with Gasteiger partial charge in [-0.3, -0.25) is 9.69 Å². The van der Waals surface area contributed by atoms with E-state index in [9.17, 15) is 4.79 Å². The van der Waals surface area contributed by atoms with Crippen molar-refractivity contribution in [3.05, 3.63) is 54.1 Å². The zero-order valence-electron chi connectivity index (χ0n) is 14.6. The number of benzene rings is 2. The van der Waals surface area contributed by atoms with Crippen LogP contribution < -0.4 is 16.2 Å². The molecule has 6 nitrogen and oxygen atoms in total. The molecule has 6 heteroatoms. The van der Waals surface area contributed by atoms with Crippen LogP contribution in [0.1, 0.15) is 5.56 Å². The summed E-state index contributed by atoms with van der Waals surface area (Å²) < 4.78 is 10.6. The van der Waals surface area contributed by atoms with Gasteiger partial charge in [0.2, 0.25) is 0 Å². The first kappa shape index (κ1) is 18.6. The summed E-state index contributed by atoms with van der Waals surface area (Å²) in [7, 11) is 3.28. The van der Waals surface area contributed by atoms with Gasteiger partial charge in [0.05, 0.1) is 7.11 Å². The summed E-state index contributed by atoms with van der Waals surface area (Å²) in [6, 6.07) is 14.3. The van der Waals surface area contributed by atoms with Crippen LogP contribution in [0.25, 0.3) is 0 Å². The maximum Gasteiger partial charge on any atom is 0.323 e. The summed E-state index contributed by atoms with van der Waals surface area (Å²) in [5.74, 6) is 0.475. The Bertz CT molecular complexity index is 671. The lowest BCUT2D eigenvalue weighted by Crippen LogP contribution is -2.42. The minimum Gasteiger partial charge on any atom is -0.492 e. The van der Waals surface area contributed by atoms with E-state index < -0.39 is 0 Å². The van der Waals surface area contributed by atoms with Crippen LogP contribution in [-0.4, -0.2) is 44.2 Å². The molecule has 2 rings (SSSR count). The smallest absolute Gasteiger partial charge is 0.323 e. The molecule has 2 aromatic carbocycles. The van der Waals surface area contributed by atoms with Crippen LogP contribution in [0.5, 0.6) is 5.75 Å². The molecule has 0 aliphatic rings. The van der Waals surface area contributed by atoms with Gasteiger partial charge in [-0.25, -0.2) is 0 Å². The Hall–Kier alpha value is -2.73. The summed E-state index contributed by atoms with van der Waals surface area (Å²) >= 11 is 0. The summed E-state index contributed by atoms with van der Waals surface area (Å²) in [6.07, 6.45) is 0.547. The third-order valence-electron chi connectivity index (χ3n) is 4.01. The number of nitrogens with zero attached hydrogens (tertiary/aromatic N) is 1. The van der Waals surface area contributed by atoms with E-state index in [4.69, 9.17) is 20.9 Å². The van der Waals surface area contributed by atoms with E-state index >= 15 is 0 Å². The first-order valence-electron chi connectivity index (χ1n) is 8.10. The van der Waals surface area contributed by atoms with Gasteiger partial charge in [-0.2, -0.15) is 0 Å². The second kappa shape index (κ2) is 8.94. The minimum atomic E-state index is -0.386. The van der Waals surface area contributed by atoms with Crippen molar-refractivity contribution in [1.82, 2.24) is 4.90 Å². The molecule has 2 aromatic rings. The highest BCUT2D eigenvalue weighted by Crippen LogP contribution is 2.14. The Kier molecular flexibility index (Phi) is 6.65. The first-order chi connectivity index (χ1) is 12.0. The average molecular weight is 343 g/mol. The van der Waals surface area contributed by atoms with E-state index in [1.165, 1.54) is 7.11 Å². The zero-order valence-corrected chi connectivity index (χ0v) is 14.6. The van der Waals surface area contributed by atoms with Crippen molar-refractivity contribution < 1.29 is 14.3 Å². The van der Waals surface area contributed by atoms with Gasteiger partial charge in [-0.15, -0.1) is 0 Å². The topological polar surface area (TPSA) is 90.8 Å². The van der Waals surface area contributed by atoms with Crippen LogP contribution in [0.15, 0.2) is 48.5 Å². The number of carbonyl (C=O) groups is 1. The number of esters is 1. The Labute approximate surface area is 148 Å². The molecule has 0 aliphatic heterocycles. The number of rotatable bonds is 8. The molecule has 1 atom stereocenters. The molecular weight excluding hydrogens is 318 g/mol. The third-order valence-corrected chi connectivity index (χ3v) is 4.01. The van der Waals surface area contributed by atoms with Crippen molar-refractivity contribution >= 4 is 17.3 Å². The summed E-state index contributed by atoms with van der Waals surface area (Å²) in [5, 5.41) is 0. The normalized spacial score (nSPS) is 12.0. The first-order valence-corrected chi connectivity index (χ1v) is 8.10. The Morgan fingerprint density at radius 3 is 2.16 bits per heavy atom. The second-order valence-corrected chi connectivity index (χ2v) is 5.88. The molecule has 1 unspecified atom stereocenters. The van der Waals surface area contributed by atoms with Crippen LogP contribution in [0, 0.1) is 0 Å². The molecule has 25 heavy (non-hydrogen) atoms. The molecule has 0 spiro atoms. The van der Waals surface area contributed by atoms with E-state index in [0.29, 0.717) is 30.9 Å². The number of hydrogen-bond donors (Lipinski definition) is 2. The fourth-order valence-electron chi connectivity index (χ4n) is 2.46. The van der Waals surface area contributed by atoms with Gasteiger partial charge in [-0.1, -0.05) is 12.1 Å². The SMILES string of the molecule is COC(=O)C(Cc1ccc(N)cc1)N(C)CCOc1ccc(N)cc1. The number of likely N-dealkylation sites (N-methyl/N-ethyl adjacent to an activating group) is 1. The Morgan fingerprint density at radius 2 is 1.60 bits per heavy atom. The average Bonchev–Trinajstić information content (AvgIpc) is 2.62. The highest BCUT2D eigenvalue weighted by molar-refractivity contribution is 5.76. The van der Waals surface area contributed by atoms with Crippen LogP contribution in [0.2, 0.25) is 0 Å². The molecule has 0 bridgehead atoms. The van der Waals surface area contributed by atoms with E-state index in [2.05, 4.69) is 0 Å². The number of nitrogen functional groups attached to an aromatic ring is 2. The summed E-state index contributed by atoms with van der Waals surface area (Å²) in [6.45, 7) is 1.04. The number of anilines is 2. The van der Waals surface area contributed by atoms with Gasteiger partial charge in [-0.05, 0) is 55.4 Å². The lowest BCUT2D eigenvalue weighted by molar-refractivity contribution is -0.146. The van der Waals surface area contributed by atoms with E-state index in [1.54, 1.807) is 12.1 Å². The standard InChI is InChI=1S/C19H25N3O3/c1-22(11-12-25-17-9-7-16(21)8-10-17)18(19(23)24-2)13-14-3-5-15(20)6-4-14/h3-10,18H,11-13,20-21H2,1-2H3. The van der Waals surface area contributed by atoms with Crippen LogP contribution >= 0.6 is 0 Å². The fourth-order valence-corrected chi connectivity index (χ4v) is 2.46. The van der Waals surface area contributed by atoms with Crippen molar-refractivity contribution in [3.8, 4) is 5.75 Å². The highest BCUT2D eigenvalue weighted by Gasteiger charge is 2.24. The molecule has 0 fully saturated rings. The molecule has 0 saturated carbocycles. The maximum absolute atomic E-state index is 12.2. The summed E-state index contributed by atoms with van der Waals surface area (Å²) in [5.41, 5.74) is 13.8. The lowest BCUT2D eigenvalue weighted by atomic mass is 10.0. The van der Waals surface area contributed by atoms with Crippen molar-refractivity contribution in [2.45, 2.75) is 12.5 Å². The monoisotopic (exact) mass is 343 g/mol. The molecule has 0 aliphatic carbocycles. The number of hydrogen-bond acceptors (Lipinski definition) is 6. The maximum atomic E-state index is 12.2. The number of carbonyl (C=O) groups excluding carboxylic acids is 1. The quantitative estimate of drug-likeness (QED) is 0.562. The van der Waals surface area contributed by atoms with Crippen molar-refractivity contribution in [3.63, 3.8) is 0 Å². The van der Waals surface area contributed by atoms with E-state index in [0.717, 1.165) is 11.3 Å². The van der Waals surface area contributed by atoms with Crippen LogP contribution in [0.4, 0.5) is 11.4 Å². The molecule has 0 radical (unpaired) electrons. The third kappa shape index (κ3) is 5.69. The van der Waals surface area contributed by atoms with Gasteiger partial charge in [0, 0.05) is 17.9 Å². The lowest BCUT2D eigenvalue weighted by Gasteiger charge is -2.26. The predicted molar refractivity (Wildman–Crippen MR) is 99.3 cm³/mol. The summed E-state index contributed by atoms with van der Waals surface area (Å²) in [4.78, 5) is 14.1. The molecule has 0 heterocycles.